The first-order chi connectivity index (χ1) is 9.51. The summed E-state index contributed by atoms with van der Waals surface area (Å²) in [6.07, 6.45) is 7.56. The molecule has 5 N–H and O–H groups in total. The molecule has 0 fully saturated rings. The molecule has 0 atom stereocenters. The van der Waals surface area contributed by atoms with Crippen molar-refractivity contribution in [2.75, 3.05) is 33.0 Å². The van der Waals surface area contributed by atoms with Gasteiger partial charge in [0.15, 0.2) is 0 Å². The molecule has 20 heavy (non-hydrogen) atoms. The van der Waals surface area contributed by atoms with Crippen LogP contribution in [0.25, 0.3) is 0 Å². The van der Waals surface area contributed by atoms with Crippen molar-refractivity contribution in [3.63, 3.8) is 0 Å². The van der Waals surface area contributed by atoms with Crippen LogP contribution in [0.5, 0.6) is 0 Å². The fourth-order valence-corrected chi connectivity index (χ4v) is 1.49. The van der Waals surface area contributed by atoms with Gasteiger partial charge in [0, 0.05) is 6.61 Å². The SMILES string of the molecule is CC(C)CCCCCCCO.OCC(CO)(CO)CO. The lowest BCUT2D eigenvalue weighted by molar-refractivity contribution is -0.0328. The lowest BCUT2D eigenvalue weighted by Gasteiger charge is -2.23. The molecular formula is C15H34O5. The fraction of sp³-hybridized carbons (Fsp3) is 1.00. The molecule has 5 heteroatoms. The predicted molar refractivity (Wildman–Crippen MR) is 80.4 cm³/mol. The molecule has 0 amide bonds. The molecule has 5 nitrogen and oxygen atoms in total. The van der Waals surface area contributed by atoms with Gasteiger partial charge in [0.05, 0.1) is 31.8 Å². The molecule has 0 saturated heterocycles. The lowest BCUT2D eigenvalue weighted by Crippen LogP contribution is -2.37. The van der Waals surface area contributed by atoms with E-state index in [1.54, 1.807) is 0 Å². The normalized spacial score (nSPS) is 11.4. The van der Waals surface area contributed by atoms with E-state index in [0.717, 1.165) is 12.3 Å². The molecule has 0 unspecified atom stereocenters. The summed E-state index contributed by atoms with van der Waals surface area (Å²) in [4.78, 5) is 0. The Morgan fingerprint density at radius 1 is 0.650 bits per heavy atom. The van der Waals surface area contributed by atoms with Crippen LogP contribution >= 0.6 is 0 Å². The molecule has 0 bridgehead atoms. The molecule has 0 aliphatic rings. The number of aliphatic hydroxyl groups is 5. The van der Waals surface area contributed by atoms with Crippen LogP contribution < -0.4 is 0 Å². The molecule has 0 spiro atoms. The first-order valence-corrected chi connectivity index (χ1v) is 7.56. The second-order valence-corrected chi connectivity index (χ2v) is 5.81. The van der Waals surface area contributed by atoms with Gasteiger partial charge in [-0.1, -0.05) is 46.0 Å². The largest absolute Gasteiger partial charge is 0.396 e. The van der Waals surface area contributed by atoms with Crippen LogP contribution in [0, 0.1) is 11.3 Å². The van der Waals surface area contributed by atoms with E-state index in [2.05, 4.69) is 13.8 Å². The summed E-state index contributed by atoms with van der Waals surface area (Å²) in [5, 5.41) is 42.5. The second kappa shape index (κ2) is 15.2. The Morgan fingerprint density at radius 3 is 1.35 bits per heavy atom. The Morgan fingerprint density at radius 2 is 1.05 bits per heavy atom. The average molecular weight is 294 g/mol. The maximum atomic E-state index is 8.51. The standard InChI is InChI=1S/C10H22O.C5H12O4/c1-10(2)8-6-4-3-5-7-9-11;6-1-5(2-7,3-8)4-9/h10-11H,3-9H2,1-2H3;6-9H,1-4H2. The summed E-state index contributed by atoms with van der Waals surface area (Å²) in [5.41, 5.74) is -1.11. The van der Waals surface area contributed by atoms with E-state index >= 15 is 0 Å². The summed E-state index contributed by atoms with van der Waals surface area (Å²) >= 11 is 0. The van der Waals surface area contributed by atoms with E-state index < -0.39 is 31.8 Å². The molecule has 0 radical (unpaired) electrons. The van der Waals surface area contributed by atoms with Crippen molar-refractivity contribution >= 4 is 0 Å². The van der Waals surface area contributed by atoms with Crippen molar-refractivity contribution in [1.29, 1.82) is 0 Å². The van der Waals surface area contributed by atoms with Crippen molar-refractivity contribution in [3.8, 4) is 0 Å². The Hall–Kier alpha value is -0.200. The lowest BCUT2D eigenvalue weighted by atomic mass is 9.93. The molecule has 0 aromatic heterocycles. The van der Waals surface area contributed by atoms with Crippen LogP contribution in [-0.4, -0.2) is 58.6 Å². The Labute approximate surface area is 123 Å². The average Bonchev–Trinajstić information content (AvgIpc) is 2.46. The number of unbranched alkanes of at least 4 members (excludes halogenated alkanes) is 4. The number of rotatable bonds is 11. The smallest absolute Gasteiger partial charge is 0.0627 e. The van der Waals surface area contributed by atoms with Gasteiger partial charge in [0.1, 0.15) is 0 Å². The van der Waals surface area contributed by atoms with Crippen LogP contribution in [0.3, 0.4) is 0 Å². The molecule has 0 aliphatic heterocycles. The number of aliphatic hydroxyl groups excluding tert-OH is 5. The maximum absolute atomic E-state index is 8.51. The molecular weight excluding hydrogens is 260 g/mol. The van der Waals surface area contributed by atoms with Gasteiger partial charge in [-0.25, -0.2) is 0 Å². The number of hydrogen-bond donors (Lipinski definition) is 5. The molecule has 0 aromatic rings. The minimum Gasteiger partial charge on any atom is -0.396 e. The summed E-state index contributed by atoms with van der Waals surface area (Å²) in [5.74, 6) is 0.854. The van der Waals surface area contributed by atoms with Crippen LogP contribution in [0.2, 0.25) is 0 Å². The Balaban J connectivity index is 0. The molecule has 0 saturated carbocycles. The highest BCUT2D eigenvalue weighted by Crippen LogP contribution is 2.12. The van der Waals surface area contributed by atoms with Gasteiger partial charge in [0.2, 0.25) is 0 Å². The monoisotopic (exact) mass is 294 g/mol. The highest BCUT2D eigenvalue weighted by molar-refractivity contribution is 4.74. The van der Waals surface area contributed by atoms with Crippen molar-refractivity contribution in [2.24, 2.45) is 11.3 Å². The molecule has 124 valence electrons. The van der Waals surface area contributed by atoms with Gasteiger partial charge >= 0.3 is 0 Å². The highest BCUT2D eigenvalue weighted by Gasteiger charge is 2.26. The van der Waals surface area contributed by atoms with E-state index in [1.165, 1.54) is 32.1 Å². The first kappa shape index (κ1) is 22.1. The second-order valence-electron chi connectivity index (χ2n) is 5.81. The molecule has 0 aliphatic carbocycles. The topological polar surface area (TPSA) is 101 Å². The maximum Gasteiger partial charge on any atom is 0.0627 e. The molecule has 0 heterocycles. The van der Waals surface area contributed by atoms with Gasteiger partial charge in [-0.3, -0.25) is 0 Å². The zero-order valence-corrected chi connectivity index (χ0v) is 13.1. The predicted octanol–water partition coefficient (Wildman–Crippen LogP) is 0.917. The van der Waals surface area contributed by atoms with Crippen LogP contribution in [0.4, 0.5) is 0 Å². The summed E-state index contributed by atoms with van der Waals surface area (Å²) in [7, 11) is 0. The van der Waals surface area contributed by atoms with E-state index in [9.17, 15) is 0 Å². The van der Waals surface area contributed by atoms with Crippen molar-refractivity contribution in [2.45, 2.75) is 52.4 Å². The van der Waals surface area contributed by atoms with E-state index in [-0.39, 0.29) is 0 Å². The molecule has 0 aromatic carbocycles. The van der Waals surface area contributed by atoms with Crippen LogP contribution in [0.15, 0.2) is 0 Å². The van der Waals surface area contributed by atoms with Crippen LogP contribution in [-0.2, 0) is 0 Å². The van der Waals surface area contributed by atoms with Gasteiger partial charge < -0.3 is 25.5 Å². The van der Waals surface area contributed by atoms with Crippen molar-refractivity contribution in [3.05, 3.63) is 0 Å². The zero-order valence-electron chi connectivity index (χ0n) is 13.1. The van der Waals surface area contributed by atoms with Gasteiger partial charge in [-0.05, 0) is 12.3 Å². The Kier molecular flexibility index (Phi) is 16.8. The fourth-order valence-electron chi connectivity index (χ4n) is 1.49. The van der Waals surface area contributed by atoms with E-state index in [1.807, 2.05) is 0 Å². The quantitative estimate of drug-likeness (QED) is 0.365. The van der Waals surface area contributed by atoms with E-state index in [0.29, 0.717) is 6.61 Å². The number of hydrogen-bond acceptors (Lipinski definition) is 5. The minimum absolute atomic E-state index is 0.365. The van der Waals surface area contributed by atoms with Crippen LogP contribution in [0.1, 0.15) is 52.4 Å². The third-order valence-electron chi connectivity index (χ3n) is 3.28. The van der Waals surface area contributed by atoms with Crippen molar-refractivity contribution in [1.82, 2.24) is 0 Å². The van der Waals surface area contributed by atoms with Gasteiger partial charge in [-0.2, -0.15) is 0 Å². The molecule has 0 rings (SSSR count). The summed E-state index contributed by atoms with van der Waals surface area (Å²) in [6.45, 7) is 3.28. The summed E-state index contributed by atoms with van der Waals surface area (Å²) in [6, 6.07) is 0. The Bertz CT molecular complexity index is 164. The zero-order chi connectivity index (χ0) is 15.9. The van der Waals surface area contributed by atoms with E-state index in [4.69, 9.17) is 25.5 Å². The highest BCUT2D eigenvalue weighted by atomic mass is 16.3. The third kappa shape index (κ3) is 12.8. The summed E-state index contributed by atoms with van der Waals surface area (Å²) < 4.78 is 0. The third-order valence-corrected chi connectivity index (χ3v) is 3.28. The van der Waals surface area contributed by atoms with Gasteiger partial charge in [0.25, 0.3) is 0 Å². The van der Waals surface area contributed by atoms with Crippen molar-refractivity contribution < 1.29 is 25.5 Å². The van der Waals surface area contributed by atoms with Gasteiger partial charge in [-0.15, -0.1) is 0 Å². The minimum atomic E-state index is -1.11. The first-order valence-electron chi connectivity index (χ1n) is 7.56.